The van der Waals surface area contributed by atoms with Crippen LogP contribution in [0.15, 0.2) is 78.2 Å². The number of hydrogen-bond donors (Lipinski definition) is 1. The summed E-state index contributed by atoms with van der Waals surface area (Å²) in [7, 11) is -3.76. The van der Waals surface area contributed by atoms with E-state index in [4.69, 9.17) is 0 Å². The molecule has 1 N–H and O–H groups in total. The second-order valence-corrected chi connectivity index (χ2v) is 8.39. The van der Waals surface area contributed by atoms with Crippen LogP contribution in [-0.4, -0.2) is 33.8 Å². The van der Waals surface area contributed by atoms with Gasteiger partial charge in [-0.1, -0.05) is 30.3 Å². The van der Waals surface area contributed by atoms with Crippen molar-refractivity contribution in [3.63, 3.8) is 0 Å². The predicted molar refractivity (Wildman–Crippen MR) is 100 cm³/mol. The summed E-state index contributed by atoms with van der Waals surface area (Å²) in [6.07, 6.45) is 6.09. The van der Waals surface area contributed by atoms with Crippen LogP contribution in [0.5, 0.6) is 0 Å². The second kappa shape index (κ2) is 7.19. The van der Waals surface area contributed by atoms with Gasteiger partial charge in [-0.25, -0.2) is 8.42 Å². The van der Waals surface area contributed by atoms with Gasteiger partial charge in [0, 0.05) is 36.9 Å². The first-order chi connectivity index (χ1) is 13.1. The van der Waals surface area contributed by atoms with Crippen LogP contribution in [-0.2, 0) is 23.0 Å². The fourth-order valence-electron chi connectivity index (χ4n) is 3.48. The van der Waals surface area contributed by atoms with Gasteiger partial charge in [-0.15, -0.1) is 0 Å². The summed E-state index contributed by atoms with van der Waals surface area (Å²) < 4.78 is 28.0. The predicted octanol–water partition coefficient (Wildman–Crippen LogP) is 2.33. The maximum atomic E-state index is 13.3. The summed E-state index contributed by atoms with van der Waals surface area (Å²) in [5.41, 5.74) is 2.07. The first kappa shape index (κ1) is 17.8. The number of fused-ring (bicyclic) bond motifs is 1. The largest absolute Gasteiger partial charge is 0.387 e. The minimum Gasteiger partial charge on any atom is -0.387 e. The molecule has 0 bridgehead atoms. The summed E-state index contributed by atoms with van der Waals surface area (Å²) >= 11 is 0. The lowest BCUT2D eigenvalue weighted by Crippen LogP contribution is -2.48. The molecule has 2 atom stereocenters. The Morgan fingerprint density at radius 2 is 1.59 bits per heavy atom. The Kier molecular flexibility index (Phi) is 4.73. The number of rotatable bonds is 4. The van der Waals surface area contributed by atoms with Crippen molar-refractivity contribution in [3.8, 4) is 0 Å². The smallest absolute Gasteiger partial charge is 0.244 e. The van der Waals surface area contributed by atoms with E-state index in [-0.39, 0.29) is 11.4 Å². The Bertz CT molecular complexity index is 1030. The van der Waals surface area contributed by atoms with Gasteiger partial charge in [0.2, 0.25) is 10.0 Å². The Balaban J connectivity index is 1.80. The van der Waals surface area contributed by atoms with E-state index in [2.05, 4.69) is 9.97 Å². The van der Waals surface area contributed by atoms with Crippen molar-refractivity contribution >= 4 is 10.0 Å². The third-order valence-corrected chi connectivity index (χ3v) is 6.73. The maximum Gasteiger partial charge on any atom is 0.244 e. The van der Waals surface area contributed by atoms with Crippen molar-refractivity contribution in [1.82, 2.24) is 14.3 Å². The number of benzene rings is 1. The molecule has 3 heterocycles. The molecule has 0 amide bonds. The average Bonchev–Trinajstić information content (AvgIpc) is 2.71. The minimum atomic E-state index is -3.76. The van der Waals surface area contributed by atoms with Gasteiger partial charge in [0.25, 0.3) is 0 Å². The highest BCUT2D eigenvalue weighted by molar-refractivity contribution is 7.89. The molecule has 0 radical (unpaired) electrons. The highest BCUT2D eigenvalue weighted by atomic mass is 32.2. The van der Waals surface area contributed by atoms with Crippen LogP contribution in [0.4, 0.5) is 0 Å². The fourth-order valence-corrected chi connectivity index (χ4v) is 5.33. The summed E-state index contributed by atoms with van der Waals surface area (Å²) in [5.74, 6) is 0. The molecular weight excluding hydrogens is 362 g/mol. The number of pyridine rings is 2. The summed E-state index contributed by atoms with van der Waals surface area (Å²) in [6, 6.07) is 13.3. The standard InChI is InChI=1S/C20H19N3O3S/c24-20-17-7-1-2-8-19(17)27(25,26)23(14-16-6-4-10-22-13-16)18(20)11-15-5-3-9-21-12-15/h1-10,12-13,18,20,24H,11,14H2/t18-,20-/m1/s1. The summed E-state index contributed by atoms with van der Waals surface area (Å²) in [5, 5.41) is 11.0. The monoisotopic (exact) mass is 381 g/mol. The molecule has 6 nitrogen and oxygen atoms in total. The molecule has 2 aromatic heterocycles. The molecular formula is C20H19N3O3S. The molecule has 1 aromatic carbocycles. The zero-order valence-corrected chi connectivity index (χ0v) is 15.3. The van der Waals surface area contributed by atoms with Crippen molar-refractivity contribution < 1.29 is 13.5 Å². The van der Waals surface area contributed by atoms with Crippen LogP contribution in [0.2, 0.25) is 0 Å². The lowest BCUT2D eigenvalue weighted by atomic mass is 9.96. The molecule has 1 aliphatic rings. The van der Waals surface area contributed by atoms with E-state index in [0.717, 1.165) is 11.1 Å². The quantitative estimate of drug-likeness (QED) is 0.750. The normalized spacial score (nSPS) is 21.5. The molecule has 7 heteroatoms. The van der Waals surface area contributed by atoms with Crippen molar-refractivity contribution in [2.75, 3.05) is 0 Å². The van der Waals surface area contributed by atoms with Crippen LogP contribution >= 0.6 is 0 Å². The van der Waals surface area contributed by atoms with Crippen LogP contribution < -0.4 is 0 Å². The van der Waals surface area contributed by atoms with E-state index in [1.807, 2.05) is 12.1 Å². The molecule has 0 aliphatic carbocycles. The first-order valence-electron chi connectivity index (χ1n) is 8.64. The first-order valence-corrected chi connectivity index (χ1v) is 10.1. The van der Waals surface area contributed by atoms with Gasteiger partial charge in [-0.3, -0.25) is 9.97 Å². The molecule has 0 unspecified atom stereocenters. The molecule has 0 saturated carbocycles. The van der Waals surface area contributed by atoms with Crippen molar-refractivity contribution in [3.05, 3.63) is 90.0 Å². The highest BCUT2D eigenvalue weighted by Crippen LogP contribution is 2.38. The average molecular weight is 381 g/mol. The van der Waals surface area contributed by atoms with Gasteiger partial charge in [-0.2, -0.15) is 4.31 Å². The Hall–Kier alpha value is -2.61. The van der Waals surface area contributed by atoms with Gasteiger partial charge < -0.3 is 5.11 Å². The summed E-state index contributed by atoms with van der Waals surface area (Å²) in [6.45, 7) is 0.145. The zero-order valence-electron chi connectivity index (χ0n) is 14.5. The fraction of sp³-hybridized carbons (Fsp3) is 0.200. The van der Waals surface area contributed by atoms with Crippen molar-refractivity contribution in [2.45, 2.75) is 30.0 Å². The Morgan fingerprint density at radius 1 is 0.926 bits per heavy atom. The molecule has 3 aromatic rings. The molecule has 138 valence electrons. The number of aliphatic hydroxyl groups is 1. The number of sulfonamides is 1. The molecule has 0 fully saturated rings. The molecule has 4 rings (SSSR count). The van der Waals surface area contributed by atoms with Crippen molar-refractivity contribution in [1.29, 1.82) is 0 Å². The lowest BCUT2D eigenvalue weighted by Gasteiger charge is -2.39. The topological polar surface area (TPSA) is 83.4 Å². The van der Waals surface area contributed by atoms with Crippen LogP contribution in [0.25, 0.3) is 0 Å². The van der Waals surface area contributed by atoms with Crippen LogP contribution in [0, 0.1) is 0 Å². The van der Waals surface area contributed by atoms with E-state index in [1.54, 1.807) is 61.2 Å². The Labute approximate surface area is 158 Å². The van der Waals surface area contributed by atoms with Crippen molar-refractivity contribution in [2.24, 2.45) is 0 Å². The van der Waals surface area contributed by atoms with E-state index in [1.165, 1.54) is 4.31 Å². The number of nitrogens with zero attached hydrogens (tertiary/aromatic N) is 3. The Morgan fingerprint density at radius 3 is 2.26 bits per heavy atom. The lowest BCUT2D eigenvalue weighted by molar-refractivity contribution is 0.0769. The van der Waals surface area contributed by atoms with Gasteiger partial charge >= 0.3 is 0 Å². The third-order valence-electron chi connectivity index (χ3n) is 4.79. The second-order valence-electron chi connectivity index (χ2n) is 6.53. The van der Waals surface area contributed by atoms with Gasteiger partial charge in [0.1, 0.15) is 0 Å². The van der Waals surface area contributed by atoms with Gasteiger partial charge in [-0.05, 0) is 35.7 Å². The molecule has 1 aliphatic heterocycles. The van der Waals surface area contributed by atoms with Crippen LogP contribution in [0.3, 0.4) is 0 Å². The summed E-state index contributed by atoms with van der Waals surface area (Å²) in [4.78, 5) is 8.34. The zero-order chi connectivity index (χ0) is 18.9. The molecule has 0 saturated heterocycles. The SMILES string of the molecule is O=S1(=O)c2ccccc2[C@@H](O)[C@@H](Cc2cccnc2)N1Cc1cccnc1. The van der Waals surface area contributed by atoms with E-state index >= 15 is 0 Å². The van der Waals surface area contributed by atoms with E-state index in [0.29, 0.717) is 12.0 Å². The van der Waals surface area contributed by atoms with Gasteiger partial charge in [0.05, 0.1) is 17.0 Å². The van der Waals surface area contributed by atoms with E-state index < -0.39 is 22.2 Å². The van der Waals surface area contributed by atoms with E-state index in [9.17, 15) is 13.5 Å². The maximum absolute atomic E-state index is 13.3. The van der Waals surface area contributed by atoms with Crippen LogP contribution in [0.1, 0.15) is 22.8 Å². The highest BCUT2D eigenvalue weighted by Gasteiger charge is 2.43. The van der Waals surface area contributed by atoms with Gasteiger partial charge in [0.15, 0.2) is 0 Å². The molecule has 0 spiro atoms. The third kappa shape index (κ3) is 3.37. The molecule has 27 heavy (non-hydrogen) atoms. The number of aliphatic hydroxyl groups excluding tert-OH is 1. The number of hydrogen-bond acceptors (Lipinski definition) is 5. The number of aromatic nitrogens is 2. The minimum absolute atomic E-state index is 0.145.